The topological polar surface area (TPSA) is 96.5 Å². The van der Waals surface area contributed by atoms with E-state index in [1.165, 1.54) is 4.88 Å². The molecule has 3 aromatic rings. The number of sulfonamides is 1. The molecular formula is C25H27N3O4S3. The molecule has 0 saturated carbocycles. The van der Waals surface area contributed by atoms with Crippen molar-refractivity contribution in [2.24, 2.45) is 0 Å². The van der Waals surface area contributed by atoms with Crippen molar-refractivity contribution >= 4 is 61.0 Å². The summed E-state index contributed by atoms with van der Waals surface area (Å²) in [6.45, 7) is 4.01. The molecule has 10 heteroatoms. The van der Waals surface area contributed by atoms with Crippen molar-refractivity contribution in [3.05, 3.63) is 70.1 Å². The Kier molecular flexibility index (Phi) is 7.73. The normalized spacial score (nSPS) is 13.0. The number of hydrogen-bond donors (Lipinski definition) is 3. The molecule has 0 radical (unpaired) electrons. The maximum atomic E-state index is 12.6. The van der Waals surface area contributed by atoms with Crippen LogP contribution in [0.3, 0.4) is 0 Å². The molecule has 0 unspecified atom stereocenters. The summed E-state index contributed by atoms with van der Waals surface area (Å²) in [5.74, 6) is -0.331. The van der Waals surface area contributed by atoms with Crippen LogP contribution in [0, 0.1) is 6.92 Å². The number of carbonyl (C=O) groups is 1. The highest BCUT2D eigenvalue weighted by molar-refractivity contribution is 7.92. The number of rotatable bonds is 7. The lowest BCUT2D eigenvalue weighted by molar-refractivity contribution is 0.0526. The molecule has 0 amide bonds. The third-order valence-electron chi connectivity index (χ3n) is 5.60. The molecule has 1 aromatic heterocycles. The second-order valence-corrected chi connectivity index (χ2v) is 11.4. The number of hydrogen-bond acceptors (Lipinski definition) is 6. The molecule has 1 aliphatic carbocycles. The fraction of sp³-hybridized carbons (Fsp3) is 0.280. The Morgan fingerprint density at radius 2 is 1.66 bits per heavy atom. The number of thiophene rings is 1. The highest BCUT2D eigenvalue weighted by Gasteiger charge is 2.26. The molecule has 0 fully saturated rings. The molecule has 0 atom stereocenters. The molecule has 0 aliphatic heterocycles. The number of benzene rings is 2. The Bertz CT molecular complexity index is 1330. The summed E-state index contributed by atoms with van der Waals surface area (Å²) in [6.07, 6.45) is 3.98. The van der Waals surface area contributed by atoms with Gasteiger partial charge in [0.05, 0.1) is 17.1 Å². The van der Waals surface area contributed by atoms with Crippen molar-refractivity contribution in [2.45, 2.75) is 44.4 Å². The zero-order valence-corrected chi connectivity index (χ0v) is 22.0. The van der Waals surface area contributed by atoms with Crippen LogP contribution in [0.15, 0.2) is 53.4 Å². The molecule has 1 aliphatic rings. The third kappa shape index (κ3) is 6.01. The van der Waals surface area contributed by atoms with Gasteiger partial charge in [0.1, 0.15) is 5.00 Å². The minimum absolute atomic E-state index is 0.201. The standard InChI is InChI=1S/C25H27N3O4S3/c1-3-32-24(29)22-20-6-4-5-7-21(20)34-23(22)27-25(33)26-17-10-12-18(13-11-17)28-35(30,31)19-14-8-16(2)9-15-19/h8-15,28H,3-7H2,1-2H3,(H2,26,27,33). The van der Waals surface area contributed by atoms with E-state index in [0.717, 1.165) is 36.8 Å². The fourth-order valence-electron chi connectivity index (χ4n) is 3.89. The maximum absolute atomic E-state index is 12.6. The predicted molar refractivity (Wildman–Crippen MR) is 145 cm³/mol. The first-order chi connectivity index (χ1) is 16.8. The molecule has 2 aromatic carbocycles. The van der Waals surface area contributed by atoms with Crippen LogP contribution < -0.4 is 15.4 Å². The summed E-state index contributed by atoms with van der Waals surface area (Å²) < 4.78 is 33.1. The van der Waals surface area contributed by atoms with E-state index >= 15 is 0 Å². The van der Waals surface area contributed by atoms with Gasteiger partial charge in [0, 0.05) is 16.3 Å². The fourth-order valence-corrected chi connectivity index (χ4v) is 6.52. The lowest BCUT2D eigenvalue weighted by Gasteiger charge is -2.13. The van der Waals surface area contributed by atoms with Crippen LogP contribution in [0.4, 0.5) is 16.4 Å². The van der Waals surface area contributed by atoms with Crippen LogP contribution in [-0.4, -0.2) is 26.1 Å². The smallest absolute Gasteiger partial charge is 0.341 e. The van der Waals surface area contributed by atoms with Gasteiger partial charge in [-0.25, -0.2) is 13.2 Å². The van der Waals surface area contributed by atoms with Gasteiger partial charge in [-0.15, -0.1) is 11.3 Å². The second kappa shape index (κ2) is 10.8. The summed E-state index contributed by atoms with van der Waals surface area (Å²) in [6, 6.07) is 13.4. The molecule has 184 valence electrons. The average molecular weight is 530 g/mol. The van der Waals surface area contributed by atoms with Gasteiger partial charge in [-0.05, 0) is 93.7 Å². The lowest BCUT2D eigenvalue weighted by Crippen LogP contribution is -2.20. The van der Waals surface area contributed by atoms with Crippen LogP contribution in [-0.2, 0) is 27.6 Å². The van der Waals surface area contributed by atoms with E-state index in [9.17, 15) is 13.2 Å². The summed E-state index contributed by atoms with van der Waals surface area (Å²) in [5, 5.41) is 7.28. The minimum Gasteiger partial charge on any atom is -0.462 e. The van der Waals surface area contributed by atoms with Gasteiger partial charge in [0.2, 0.25) is 0 Å². The van der Waals surface area contributed by atoms with Crippen molar-refractivity contribution in [1.29, 1.82) is 0 Å². The summed E-state index contributed by atoms with van der Waals surface area (Å²) in [7, 11) is -3.68. The van der Waals surface area contributed by atoms with Gasteiger partial charge >= 0.3 is 5.97 Å². The van der Waals surface area contributed by atoms with Crippen molar-refractivity contribution in [1.82, 2.24) is 0 Å². The highest BCUT2D eigenvalue weighted by atomic mass is 32.2. The first-order valence-electron chi connectivity index (χ1n) is 11.4. The number of carbonyl (C=O) groups excluding carboxylic acids is 1. The molecular weight excluding hydrogens is 502 g/mol. The molecule has 1 heterocycles. The van der Waals surface area contributed by atoms with Gasteiger partial charge in [-0.3, -0.25) is 4.72 Å². The number of aryl methyl sites for hydroxylation is 2. The monoisotopic (exact) mass is 529 g/mol. The van der Waals surface area contributed by atoms with Gasteiger partial charge in [0.25, 0.3) is 10.0 Å². The van der Waals surface area contributed by atoms with Gasteiger partial charge < -0.3 is 15.4 Å². The van der Waals surface area contributed by atoms with Crippen LogP contribution in [0.2, 0.25) is 0 Å². The Labute approximate surface area is 215 Å². The predicted octanol–water partition coefficient (Wildman–Crippen LogP) is 5.72. The van der Waals surface area contributed by atoms with Crippen molar-refractivity contribution in [3.63, 3.8) is 0 Å². The number of thiocarbonyl (C=S) groups is 1. The Balaban J connectivity index is 1.43. The van der Waals surface area contributed by atoms with Crippen molar-refractivity contribution in [2.75, 3.05) is 22.0 Å². The van der Waals surface area contributed by atoms with E-state index in [-0.39, 0.29) is 10.9 Å². The number of ether oxygens (including phenoxy) is 1. The summed E-state index contributed by atoms with van der Waals surface area (Å²) in [5.41, 5.74) is 3.75. The molecule has 4 rings (SSSR count). The van der Waals surface area contributed by atoms with Crippen molar-refractivity contribution < 1.29 is 17.9 Å². The van der Waals surface area contributed by atoms with E-state index in [1.54, 1.807) is 66.8 Å². The van der Waals surface area contributed by atoms with Crippen LogP contribution in [0.5, 0.6) is 0 Å². The van der Waals surface area contributed by atoms with E-state index in [0.29, 0.717) is 33.7 Å². The van der Waals surface area contributed by atoms with Gasteiger partial charge in [0.15, 0.2) is 5.11 Å². The zero-order chi connectivity index (χ0) is 25.0. The SMILES string of the molecule is CCOC(=O)c1c(NC(=S)Nc2ccc(NS(=O)(=O)c3ccc(C)cc3)cc2)sc2c1CCCC2. The summed E-state index contributed by atoms with van der Waals surface area (Å²) >= 11 is 7.03. The van der Waals surface area contributed by atoms with Crippen LogP contribution in [0.1, 0.15) is 46.1 Å². The third-order valence-corrected chi connectivity index (χ3v) is 8.41. The summed E-state index contributed by atoms with van der Waals surface area (Å²) in [4.78, 5) is 14.0. The second-order valence-electron chi connectivity index (χ2n) is 8.21. The van der Waals surface area contributed by atoms with Gasteiger partial charge in [-0.1, -0.05) is 17.7 Å². The minimum atomic E-state index is -3.68. The van der Waals surface area contributed by atoms with E-state index < -0.39 is 10.0 Å². The molecule has 0 bridgehead atoms. The van der Waals surface area contributed by atoms with Crippen LogP contribution in [0.25, 0.3) is 0 Å². The average Bonchev–Trinajstić information content (AvgIpc) is 3.18. The molecule has 7 nitrogen and oxygen atoms in total. The maximum Gasteiger partial charge on any atom is 0.341 e. The number of esters is 1. The van der Waals surface area contributed by atoms with Crippen LogP contribution >= 0.6 is 23.6 Å². The Morgan fingerprint density at radius 1 is 1.00 bits per heavy atom. The molecule has 0 spiro atoms. The lowest BCUT2D eigenvalue weighted by atomic mass is 9.95. The molecule has 35 heavy (non-hydrogen) atoms. The van der Waals surface area contributed by atoms with E-state index in [1.807, 2.05) is 6.92 Å². The number of anilines is 3. The Morgan fingerprint density at radius 3 is 2.34 bits per heavy atom. The number of fused-ring (bicyclic) bond motifs is 1. The van der Waals surface area contributed by atoms with Crippen molar-refractivity contribution in [3.8, 4) is 0 Å². The van der Waals surface area contributed by atoms with E-state index in [2.05, 4.69) is 15.4 Å². The number of nitrogens with one attached hydrogen (secondary N) is 3. The Hall–Kier alpha value is -2.95. The highest BCUT2D eigenvalue weighted by Crippen LogP contribution is 2.38. The quantitative estimate of drug-likeness (QED) is 0.266. The first-order valence-corrected chi connectivity index (χ1v) is 14.1. The first kappa shape index (κ1) is 25.2. The largest absolute Gasteiger partial charge is 0.462 e. The molecule has 3 N–H and O–H groups in total. The van der Waals surface area contributed by atoms with E-state index in [4.69, 9.17) is 17.0 Å². The van der Waals surface area contributed by atoms with Gasteiger partial charge in [-0.2, -0.15) is 0 Å². The molecule has 0 saturated heterocycles. The zero-order valence-electron chi connectivity index (χ0n) is 19.5.